The number of furan rings is 1. The molecule has 0 spiro atoms. The van der Waals surface area contributed by atoms with Crippen LogP contribution in [0.5, 0.6) is 5.95 Å². The van der Waals surface area contributed by atoms with Crippen molar-refractivity contribution in [2.45, 2.75) is 44.9 Å². The summed E-state index contributed by atoms with van der Waals surface area (Å²) in [6.07, 6.45) is 6.23. The molecule has 2 heterocycles. The first-order chi connectivity index (χ1) is 13.9. The highest BCUT2D eigenvalue weighted by Gasteiger charge is 2.27. The third-order valence-corrected chi connectivity index (χ3v) is 5.85. The van der Waals surface area contributed by atoms with Crippen LogP contribution in [0.25, 0.3) is 33.0 Å². The fraction of sp³-hybridized carbons (Fsp3) is 0.320. The van der Waals surface area contributed by atoms with E-state index in [0.29, 0.717) is 18.5 Å². The molecule has 4 aromatic rings. The lowest BCUT2D eigenvalue weighted by molar-refractivity contribution is 0.266. The Kier molecular flexibility index (Phi) is 4.52. The van der Waals surface area contributed by atoms with Crippen molar-refractivity contribution < 1.29 is 9.15 Å². The third-order valence-electron chi connectivity index (χ3n) is 5.85. The van der Waals surface area contributed by atoms with Crippen molar-refractivity contribution >= 4 is 21.9 Å². The van der Waals surface area contributed by atoms with Crippen LogP contribution in [0.15, 0.2) is 59.0 Å². The van der Waals surface area contributed by atoms with Gasteiger partial charge in [0.2, 0.25) is 0 Å². The summed E-state index contributed by atoms with van der Waals surface area (Å²) in [4.78, 5) is 5.09. The van der Waals surface area contributed by atoms with E-state index in [-0.39, 0.29) is 0 Å². The number of hydrogen-bond acceptors (Lipinski definition) is 3. The van der Waals surface area contributed by atoms with Gasteiger partial charge in [-0.3, -0.25) is 0 Å². The normalized spacial score (nSPS) is 15.3. The topological polar surface area (TPSA) is 35.3 Å². The molecule has 5 rings (SSSR count). The Morgan fingerprint density at radius 3 is 2.50 bits per heavy atom. The average molecular weight is 371 g/mol. The van der Waals surface area contributed by atoms with Crippen molar-refractivity contribution in [2.75, 3.05) is 6.61 Å². The van der Waals surface area contributed by atoms with Gasteiger partial charge in [0, 0.05) is 16.7 Å². The zero-order valence-corrected chi connectivity index (χ0v) is 16.3. The highest BCUT2D eigenvalue weighted by Crippen LogP contribution is 2.46. The molecule has 1 aliphatic carbocycles. The lowest BCUT2D eigenvalue weighted by Crippen LogP contribution is -2.07. The molecule has 0 atom stereocenters. The summed E-state index contributed by atoms with van der Waals surface area (Å²) < 4.78 is 12.4. The number of fused-ring (bicyclic) bond motifs is 3. The van der Waals surface area contributed by atoms with Gasteiger partial charge in [-0.05, 0) is 31.4 Å². The highest BCUT2D eigenvalue weighted by atomic mass is 16.6. The van der Waals surface area contributed by atoms with Gasteiger partial charge < -0.3 is 9.15 Å². The van der Waals surface area contributed by atoms with Gasteiger partial charge in [0.1, 0.15) is 0 Å². The molecule has 0 N–H and O–H groups in total. The maximum absolute atomic E-state index is 6.40. The van der Waals surface area contributed by atoms with E-state index >= 15 is 0 Å². The van der Waals surface area contributed by atoms with Gasteiger partial charge in [-0.15, -0.1) is 0 Å². The molecule has 3 heteroatoms. The van der Waals surface area contributed by atoms with Crippen molar-refractivity contribution in [3.8, 4) is 17.1 Å². The first kappa shape index (κ1) is 17.3. The standard InChI is InChI=1S/C25H25NO2/c1-2-27-25-21(17-11-5-3-6-12-17)22-19-15-9-10-16-20(19)26-23(24(22)28-25)18-13-7-4-8-14-18/h3,5-6,9-12,15-16,18H,2,4,7-8,13-14H2,1H3. The van der Waals surface area contributed by atoms with Gasteiger partial charge in [-0.1, -0.05) is 67.8 Å². The number of hydrogen-bond donors (Lipinski definition) is 0. The predicted molar refractivity (Wildman–Crippen MR) is 114 cm³/mol. The van der Waals surface area contributed by atoms with Crippen LogP contribution >= 0.6 is 0 Å². The number of rotatable bonds is 4. The lowest BCUT2D eigenvalue weighted by Gasteiger charge is -2.21. The van der Waals surface area contributed by atoms with Crippen molar-refractivity contribution in [3.05, 3.63) is 60.3 Å². The number of benzene rings is 2. The van der Waals surface area contributed by atoms with E-state index in [9.17, 15) is 0 Å². The Bertz CT molecular complexity index is 1110. The zero-order chi connectivity index (χ0) is 18.9. The molecule has 1 fully saturated rings. The fourth-order valence-corrected chi connectivity index (χ4v) is 4.56. The van der Waals surface area contributed by atoms with Gasteiger partial charge in [0.05, 0.1) is 23.4 Å². The molecule has 0 unspecified atom stereocenters. The van der Waals surface area contributed by atoms with E-state index in [0.717, 1.165) is 38.7 Å². The number of para-hydroxylation sites is 1. The minimum absolute atomic E-state index is 0.463. The van der Waals surface area contributed by atoms with Crippen LogP contribution in [0.4, 0.5) is 0 Å². The molecule has 2 aromatic heterocycles. The van der Waals surface area contributed by atoms with Gasteiger partial charge in [-0.2, -0.15) is 0 Å². The monoisotopic (exact) mass is 371 g/mol. The molecule has 1 aliphatic rings. The second kappa shape index (κ2) is 7.31. The minimum atomic E-state index is 0.463. The van der Waals surface area contributed by atoms with Gasteiger partial charge in [-0.25, -0.2) is 4.98 Å². The van der Waals surface area contributed by atoms with E-state index in [1.165, 1.54) is 32.1 Å². The molecule has 0 saturated heterocycles. The highest BCUT2D eigenvalue weighted by molar-refractivity contribution is 6.13. The van der Waals surface area contributed by atoms with Crippen LogP contribution in [0.1, 0.15) is 50.6 Å². The van der Waals surface area contributed by atoms with E-state index < -0.39 is 0 Å². The van der Waals surface area contributed by atoms with E-state index in [1.54, 1.807) is 0 Å². The zero-order valence-electron chi connectivity index (χ0n) is 16.3. The van der Waals surface area contributed by atoms with E-state index in [1.807, 2.05) is 13.0 Å². The van der Waals surface area contributed by atoms with Gasteiger partial charge in [0.25, 0.3) is 5.95 Å². The van der Waals surface area contributed by atoms with Crippen LogP contribution in [-0.2, 0) is 0 Å². The molecule has 2 aromatic carbocycles. The maximum Gasteiger partial charge on any atom is 0.293 e. The average Bonchev–Trinajstić information content (AvgIpc) is 3.14. The van der Waals surface area contributed by atoms with Crippen molar-refractivity contribution in [3.63, 3.8) is 0 Å². The third kappa shape index (κ3) is 2.86. The smallest absolute Gasteiger partial charge is 0.293 e. The van der Waals surface area contributed by atoms with E-state index in [2.05, 4.69) is 48.5 Å². The molecule has 28 heavy (non-hydrogen) atoms. The van der Waals surface area contributed by atoms with E-state index in [4.69, 9.17) is 14.1 Å². The number of ether oxygens (including phenoxy) is 1. The van der Waals surface area contributed by atoms with Crippen LogP contribution in [0.2, 0.25) is 0 Å². The summed E-state index contributed by atoms with van der Waals surface area (Å²) in [7, 11) is 0. The second-order valence-corrected chi connectivity index (χ2v) is 7.62. The summed E-state index contributed by atoms with van der Waals surface area (Å²) in [5.74, 6) is 1.07. The Balaban J connectivity index is 1.87. The summed E-state index contributed by atoms with van der Waals surface area (Å²) in [5, 5.41) is 2.27. The maximum atomic E-state index is 6.40. The molecule has 0 radical (unpaired) electrons. The summed E-state index contributed by atoms with van der Waals surface area (Å²) in [6, 6.07) is 18.8. The number of aromatic nitrogens is 1. The first-order valence-electron chi connectivity index (χ1n) is 10.4. The Morgan fingerprint density at radius 2 is 1.71 bits per heavy atom. The molecule has 0 bridgehead atoms. The second-order valence-electron chi connectivity index (χ2n) is 7.62. The molecule has 0 aliphatic heterocycles. The fourth-order valence-electron chi connectivity index (χ4n) is 4.56. The van der Waals surface area contributed by atoms with Crippen molar-refractivity contribution in [1.82, 2.24) is 4.98 Å². The Hall–Kier alpha value is -2.81. The largest absolute Gasteiger partial charge is 0.465 e. The van der Waals surface area contributed by atoms with Crippen molar-refractivity contribution in [2.24, 2.45) is 0 Å². The van der Waals surface area contributed by atoms with Crippen LogP contribution < -0.4 is 4.74 Å². The summed E-state index contributed by atoms with van der Waals surface area (Å²) in [5.41, 5.74) is 5.23. The Morgan fingerprint density at radius 1 is 0.964 bits per heavy atom. The van der Waals surface area contributed by atoms with Crippen LogP contribution in [0.3, 0.4) is 0 Å². The summed E-state index contributed by atoms with van der Waals surface area (Å²) in [6.45, 7) is 2.57. The minimum Gasteiger partial charge on any atom is -0.465 e. The molecule has 142 valence electrons. The molecular weight excluding hydrogens is 346 g/mol. The van der Waals surface area contributed by atoms with Gasteiger partial charge in [0.15, 0.2) is 5.58 Å². The molecule has 3 nitrogen and oxygen atoms in total. The van der Waals surface area contributed by atoms with Crippen LogP contribution in [-0.4, -0.2) is 11.6 Å². The quantitative estimate of drug-likeness (QED) is 0.384. The first-order valence-corrected chi connectivity index (χ1v) is 10.4. The lowest BCUT2D eigenvalue weighted by atomic mass is 9.85. The van der Waals surface area contributed by atoms with Gasteiger partial charge >= 0.3 is 0 Å². The SMILES string of the molecule is CCOc1oc2c(C3CCCCC3)nc3ccccc3c2c1-c1ccccc1. The number of nitrogens with zero attached hydrogens (tertiary/aromatic N) is 1. The Labute approximate surface area is 165 Å². The summed E-state index contributed by atoms with van der Waals surface area (Å²) >= 11 is 0. The van der Waals surface area contributed by atoms with Crippen LogP contribution in [0, 0.1) is 0 Å². The van der Waals surface area contributed by atoms with Crippen molar-refractivity contribution in [1.29, 1.82) is 0 Å². The number of pyridine rings is 1. The molecular formula is C25H25NO2. The molecule has 0 amide bonds. The predicted octanol–water partition coefficient (Wildman–Crippen LogP) is 7.09. The molecule has 1 saturated carbocycles.